The highest BCUT2D eigenvalue weighted by Crippen LogP contribution is 2.15. The molecular weight excluding hydrogens is 298 g/mol. The molecule has 0 aliphatic rings. The Morgan fingerprint density at radius 2 is 2.20 bits per heavy atom. The standard InChI is InChI=1S/C13H17NO4S2/c1-10(20(2,17)18)13(16)14-9-12-7-6-11(19-12)5-3-4-8-15/h6-7,10,15H,4,8-9H2,1-2H3,(H,14,16). The zero-order chi connectivity index (χ0) is 15.2. The van der Waals surface area contributed by atoms with Crippen molar-refractivity contribution in [2.75, 3.05) is 12.9 Å². The van der Waals surface area contributed by atoms with Gasteiger partial charge in [0.2, 0.25) is 5.91 Å². The van der Waals surface area contributed by atoms with Gasteiger partial charge >= 0.3 is 0 Å². The first-order chi connectivity index (χ1) is 9.34. The minimum atomic E-state index is -3.37. The Hall–Kier alpha value is -1.36. The molecule has 0 saturated carbocycles. The summed E-state index contributed by atoms with van der Waals surface area (Å²) in [5.74, 6) is 5.21. The molecule has 5 nitrogen and oxygen atoms in total. The number of thiophene rings is 1. The lowest BCUT2D eigenvalue weighted by molar-refractivity contribution is -0.120. The predicted molar refractivity (Wildman–Crippen MR) is 79.1 cm³/mol. The molecule has 1 rings (SSSR count). The molecule has 110 valence electrons. The maximum atomic E-state index is 11.6. The number of nitrogens with one attached hydrogen (secondary N) is 1. The van der Waals surface area contributed by atoms with Crippen LogP contribution in [0.2, 0.25) is 0 Å². The van der Waals surface area contributed by atoms with E-state index >= 15 is 0 Å². The number of amides is 1. The van der Waals surface area contributed by atoms with Crippen molar-refractivity contribution in [3.63, 3.8) is 0 Å². The number of rotatable bonds is 5. The fourth-order valence-corrected chi connectivity index (χ4v) is 2.55. The molecule has 7 heteroatoms. The van der Waals surface area contributed by atoms with E-state index in [1.54, 1.807) is 0 Å². The van der Waals surface area contributed by atoms with Crippen molar-refractivity contribution in [2.45, 2.75) is 25.1 Å². The summed E-state index contributed by atoms with van der Waals surface area (Å²) in [5, 5.41) is 10.2. The fraction of sp³-hybridized carbons (Fsp3) is 0.462. The minimum absolute atomic E-state index is 0.0324. The minimum Gasteiger partial charge on any atom is -0.395 e. The quantitative estimate of drug-likeness (QED) is 0.777. The van der Waals surface area contributed by atoms with Gasteiger partial charge in [0, 0.05) is 17.6 Å². The molecule has 1 heterocycles. The molecule has 0 bridgehead atoms. The van der Waals surface area contributed by atoms with Gasteiger partial charge in [-0.1, -0.05) is 11.8 Å². The zero-order valence-corrected chi connectivity index (χ0v) is 13.0. The van der Waals surface area contributed by atoms with Crippen LogP contribution >= 0.6 is 11.3 Å². The number of hydrogen-bond donors (Lipinski definition) is 2. The van der Waals surface area contributed by atoms with Crippen molar-refractivity contribution in [3.8, 4) is 11.8 Å². The second-order valence-corrected chi connectivity index (χ2v) is 7.77. The lowest BCUT2D eigenvalue weighted by Gasteiger charge is -2.09. The number of sulfone groups is 1. The van der Waals surface area contributed by atoms with Crippen LogP contribution in [0.5, 0.6) is 0 Å². The van der Waals surface area contributed by atoms with Crippen LogP contribution in [-0.4, -0.2) is 37.5 Å². The number of carbonyl (C=O) groups is 1. The van der Waals surface area contributed by atoms with Gasteiger partial charge in [0.15, 0.2) is 9.84 Å². The molecule has 0 aliphatic heterocycles. The van der Waals surface area contributed by atoms with Crippen molar-refractivity contribution in [1.82, 2.24) is 5.32 Å². The summed E-state index contributed by atoms with van der Waals surface area (Å²) in [5.41, 5.74) is 0. The highest BCUT2D eigenvalue weighted by molar-refractivity contribution is 7.92. The van der Waals surface area contributed by atoms with Crippen molar-refractivity contribution in [3.05, 3.63) is 21.9 Å². The SMILES string of the molecule is CC(C(=O)NCc1ccc(C#CCCO)s1)S(C)(=O)=O. The molecule has 0 fully saturated rings. The molecule has 2 N–H and O–H groups in total. The number of aliphatic hydroxyl groups excluding tert-OH is 1. The van der Waals surface area contributed by atoms with Crippen LogP contribution in [0.15, 0.2) is 12.1 Å². The lowest BCUT2D eigenvalue weighted by atomic mass is 10.4. The molecule has 20 heavy (non-hydrogen) atoms. The first-order valence-corrected chi connectivity index (χ1v) is 8.76. The molecule has 1 aromatic rings. The first-order valence-electron chi connectivity index (χ1n) is 5.99. The van der Waals surface area contributed by atoms with Crippen LogP contribution in [-0.2, 0) is 21.2 Å². The monoisotopic (exact) mass is 315 g/mol. The summed E-state index contributed by atoms with van der Waals surface area (Å²) in [6, 6.07) is 3.66. The van der Waals surface area contributed by atoms with Gasteiger partial charge < -0.3 is 10.4 Å². The highest BCUT2D eigenvalue weighted by atomic mass is 32.2. The molecule has 0 radical (unpaired) electrons. The van der Waals surface area contributed by atoms with Gasteiger partial charge in [-0.3, -0.25) is 4.79 Å². The number of aliphatic hydroxyl groups is 1. The van der Waals surface area contributed by atoms with E-state index in [9.17, 15) is 13.2 Å². The molecule has 1 atom stereocenters. The summed E-state index contributed by atoms with van der Waals surface area (Å²) in [6.07, 6.45) is 1.47. The molecular formula is C13H17NO4S2. The van der Waals surface area contributed by atoms with Crippen molar-refractivity contribution < 1.29 is 18.3 Å². The highest BCUT2D eigenvalue weighted by Gasteiger charge is 2.23. The predicted octanol–water partition coefficient (Wildman–Crippen LogP) is 0.531. The normalized spacial score (nSPS) is 12.3. The molecule has 0 aromatic carbocycles. The molecule has 1 aromatic heterocycles. The molecule has 0 spiro atoms. The maximum absolute atomic E-state index is 11.6. The average molecular weight is 315 g/mol. The lowest BCUT2D eigenvalue weighted by Crippen LogP contribution is -2.36. The first kappa shape index (κ1) is 16.7. The van der Waals surface area contributed by atoms with Gasteiger partial charge in [0.05, 0.1) is 18.0 Å². The van der Waals surface area contributed by atoms with Crippen LogP contribution < -0.4 is 5.32 Å². The third-order valence-electron chi connectivity index (χ3n) is 2.56. The number of carbonyl (C=O) groups excluding carboxylic acids is 1. The van der Waals surface area contributed by atoms with Crippen LogP contribution in [0.3, 0.4) is 0 Å². The topological polar surface area (TPSA) is 83.5 Å². The Kier molecular flexibility index (Phi) is 6.20. The summed E-state index contributed by atoms with van der Waals surface area (Å²) < 4.78 is 22.5. The Morgan fingerprint density at radius 1 is 1.50 bits per heavy atom. The van der Waals surface area contributed by atoms with Crippen molar-refractivity contribution >= 4 is 27.1 Å². The second-order valence-electron chi connectivity index (χ2n) is 4.23. The Morgan fingerprint density at radius 3 is 2.80 bits per heavy atom. The summed E-state index contributed by atoms with van der Waals surface area (Å²) >= 11 is 1.43. The molecule has 0 saturated heterocycles. The number of hydrogen-bond acceptors (Lipinski definition) is 5. The van der Waals surface area contributed by atoms with E-state index in [4.69, 9.17) is 5.11 Å². The van der Waals surface area contributed by atoms with E-state index in [0.717, 1.165) is 16.0 Å². The fourth-order valence-electron chi connectivity index (χ4n) is 1.26. The van der Waals surface area contributed by atoms with Crippen molar-refractivity contribution in [2.24, 2.45) is 0 Å². The van der Waals surface area contributed by atoms with E-state index in [1.165, 1.54) is 18.3 Å². The van der Waals surface area contributed by atoms with Gasteiger partial charge in [-0.25, -0.2) is 8.42 Å². The van der Waals surface area contributed by atoms with E-state index in [-0.39, 0.29) is 13.2 Å². The average Bonchev–Trinajstić information content (AvgIpc) is 2.82. The van der Waals surface area contributed by atoms with Crippen LogP contribution in [0, 0.1) is 11.8 Å². The van der Waals surface area contributed by atoms with Gasteiger partial charge in [-0.05, 0) is 19.1 Å². The largest absolute Gasteiger partial charge is 0.395 e. The molecule has 1 unspecified atom stereocenters. The van der Waals surface area contributed by atoms with E-state index in [2.05, 4.69) is 17.2 Å². The Labute approximate surface area is 122 Å². The van der Waals surface area contributed by atoms with Gasteiger partial charge in [0.25, 0.3) is 0 Å². The second kappa shape index (κ2) is 7.43. The van der Waals surface area contributed by atoms with Crippen LogP contribution in [0.1, 0.15) is 23.1 Å². The third kappa shape index (κ3) is 5.33. The Bertz CT molecular complexity index is 622. The zero-order valence-electron chi connectivity index (χ0n) is 11.3. The summed E-state index contributed by atoms with van der Waals surface area (Å²) in [6.45, 7) is 1.68. The van der Waals surface area contributed by atoms with E-state index < -0.39 is 21.0 Å². The van der Waals surface area contributed by atoms with Gasteiger partial charge in [0.1, 0.15) is 5.25 Å². The summed E-state index contributed by atoms with van der Waals surface area (Å²) in [4.78, 5) is 13.4. The Balaban J connectivity index is 2.55. The van der Waals surface area contributed by atoms with E-state index in [0.29, 0.717) is 6.42 Å². The van der Waals surface area contributed by atoms with Gasteiger partial charge in [-0.15, -0.1) is 11.3 Å². The van der Waals surface area contributed by atoms with E-state index in [1.807, 2.05) is 12.1 Å². The van der Waals surface area contributed by atoms with Crippen molar-refractivity contribution in [1.29, 1.82) is 0 Å². The van der Waals surface area contributed by atoms with Gasteiger partial charge in [-0.2, -0.15) is 0 Å². The van der Waals surface area contributed by atoms with Crippen LogP contribution in [0.4, 0.5) is 0 Å². The summed E-state index contributed by atoms with van der Waals surface area (Å²) in [7, 11) is -3.37. The van der Waals surface area contributed by atoms with Crippen LogP contribution in [0.25, 0.3) is 0 Å². The maximum Gasteiger partial charge on any atom is 0.238 e. The third-order valence-corrected chi connectivity index (χ3v) is 5.06. The molecule has 1 amide bonds. The molecule has 0 aliphatic carbocycles. The smallest absolute Gasteiger partial charge is 0.238 e.